The van der Waals surface area contributed by atoms with Crippen LogP contribution >= 0.6 is 15.9 Å². The molecule has 2 N–H and O–H groups in total. The van der Waals surface area contributed by atoms with Crippen molar-refractivity contribution in [1.82, 2.24) is 4.98 Å². The Kier molecular flexibility index (Phi) is 4.70. The summed E-state index contributed by atoms with van der Waals surface area (Å²) in [5.74, 6) is -0.0587. The molecule has 0 saturated carbocycles. The molecule has 1 aliphatic rings. The van der Waals surface area contributed by atoms with E-state index in [9.17, 15) is 9.90 Å². The van der Waals surface area contributed by atoms with Crippen LogP contribution in [0.5, 0.6) is 0 Å². The maximum Gasteiger partial charge on any atom is 0.163 e. The number of carbonyl (C=O) groups excluding carboxylic acids is 1. The number of allylic oxidation sites excluding steroid dienone is 2. The third-order valence-electron chi connectivity index (χ3n) is 5.60. The average molecular weight is 438 g/mol. The summed E-state index contributed by atoms with van der Waals surface area (Å²) in [6.45, 7) is 6.10. The lowest BCUT2D eigenvalue weighted by atomic mass is 9.71. The van der Waals surface area contributed by atoms with Crippen molar-refractivity contribution in [2.45, 2.75) is 39.5 Å². The van der Waals surface area contributed by atoms with E-state index in [0.717, 1.165) is 32.2 Å². The quantitative estimate of drug-likeness (QED) is 0.486. The molecule has 2 aromatic carbocycles. The van der Waals surface area contributed by atoms with Crippen LogP contribution in [0, 0.1) is 12.3 Å². The van der Waals surface area contributed by atoms with Gasteiger partial charge >= 0.3 is 0 Å². The summed E-state index contributed by atoms with van der Waals surface area (Å²) in [5.41, 5.74) is 4.43. The van der Waals surface area contributed by atoms with Crippen LogP contribution in [-0.2, 0) is 4.79 Å². The van der Waals surface area contributed by atoms with Crippen LogP contribution in [-0.4, -0.2) is 15.9 Å². The monoisotopic (exact) mass is 437 g/mol. The smallest absolute Gasteiger partial charge is 0.163 e. The minimum absolute atomic E-state index is 0.0309. The van der Waals surface area contributed by atoms with Gasteiger partial charge in [-0.25, -0.2) is 0 Å². The van der Waals surface area contributed by atoms with Crippen molar-refractivity contribution in [3.8, 4) is 0 Å². The Bertz CT molecular complexity index is 1110. The van der Waals surface area contributed by atoms with E-state index in [-0.39, 0.29) is 22.9 Å². The van der Waals surface area contributed by atoms with Gasteiger partial charge in [-0.15, -0.1) is 0 Å². The summed E-state index contributed by atoms with van der Waals surface area (Å²) >= 11 is 3.56. The molecular weight excluding hydrogens is 414 g/mol. The van der Waals surface area contributed by atoms with Crippen molar-refractivity contribution in [2.24, 2.45) is 5.41 Å². The van der Waals surface area contributed by atoms with Gasteiger partial charge in [0.25, 0.3) is 0 Å². The van der Waals surface area contributed by atoms with E-state index < -0.39 is 0 Å². The lowest BCUT2D eigenvalue weighted by Gasteiger charge is -2.33. The number of aliphatic hydroxyl groups is 1. The molecule has 28 heavy (non-hydrogen) atoms. The first-order valence-corrected chi connectivity index (χ1v) is 10.3. The Balaban J connectivity index is 2.01. The molecule has 144 valence electrons. The number of hydrogen-bond acceptors (Lipinski definition) is 2. The Morgan fingerprint density at radius 1 is 1.11 bits per heavy atom. The number of aromatic amines is 1. The van der Waals surface area contributed by atoms with E-state index in [0.29, 0.717) is 18.4 Å². The highest BCUT2D eigenvalue weighted by atomic mass is 79.9. The molecule has 4 heteroatoms. The van der Waals surface area contributed by atoms with Crippen LogP contribution in [0.25, 0.3) is 10.9 Å². The molecule has 0 aliphatic heterocycles. The van der Waals surface area contributed by atoms with Gasteiger partial charge in [-0.1, -0.05) is 60.1 Å². The van der Waals surface area contributed by atoms with Crippen molar-refractivity contribution in [3.63, 3.8) is 0 Å². The number of ketones is 1. The molecule has 0 spiro atoms. The van der Waals surface area contributed by atoms with Crippen LogP contribution < -0.4 is 0 Å². The zero-order chi connectivity index (χ0) is 20.1. The van der Waals surface area contributed by atoms with Crippen molar-refractivity contribution in [3.05, 3.63) is 81.2 Å². The predicted molar refractivity (Wildman–Crippen MR) is 117 cm³/mol. The highest BCUT2D eigenvalue weighted by molar-refractivity contribution is 9.10. The molecule has 1 aliphatic carbocycles. The summed E-state index contributed by atoms with van der Waals surface area (Å²) in [6.07, 6.45) is 0.957. The van der Waals surface area contributed by atoms with Gasteiger partial charge in [0.05, 0.1) is 0 Å². The lowest BCUT2D eigenvalue weighted by molar-refractivity contribution is -0.118. The largest absolute Gasteiger partial charge is 0.512 e. The molecular formula is C24H24BrNO2. The fourth-order valence-electron chi connectivity index (χ4n) is 4.46. The average Bonchev–Trinajstić information content (AvgIpc) is 2.93. The maximum atomic E-state index is 13.2. The molecule has 0 amide bonds. The van der Waals surface area contributed by atoms with Crippen LogP contribution in [0.2, 0.25) is 0 Å². The normalized spacial score (nSPS) is 17.9. The molecule has 4 rings (SSSR count). The van der Waals surface area contributed by atoms with E-state index in [4.69, 9.17) is 0 Å². The van der Waals surface area contributed by atoms with Crippen molar-refractivity contribution in [1.29, 1.82) is 0 Å². The van der Waals surface area contributed by atoms with Crippen molar-refractivity contribution >= 4 is 32.6 Å². The topological polar surface area (TPSA) is 53.1 Å². The number of benzene rings is 2. The number of halogens is 1. The number of aromatic nitrogens is 1. The number of aliphatic hydroxyl groups excluding tert-OH is 1. The van der Waals surface area contributed by atoms with E-state index in [1.165, 1.54) is 0 Å². The van der Waals surface area contributed by atoms with E-state index in [1.54, 1.807) is 0 Å². The minimum atomic E-state index is -0.308. The van der Waals surface area contributed by atoms with Gasteiger partial charge in [0.1, 0.15) is 5.76 Å². The van der Waals surface area contributed by atoms with Gasteiger partial charge in [0, 0.05) is 45.4 Å². The van der Waals surface area contributed by atoms with Gasteiger partial charge in [-0.2, -0.15) is 0 Å². The third kappa shape index (κ3) is 3.30. The molecule has 1 aromatic heterocycles. The fourth-order valence-corrected chi connectivity index (χ4v) is 4.88. The molecule has 1 atom stereocenters. The molecule has 3 aromatic rings. The standard InChI is InChI=1S/C24H24BrNO2/c1-14-21(17-9-4-5-10-18(17)26-14)22(15-7-6-8-16(25)11-15)23-19(27)12-24(2,3)13-20(23)28/h4-11,22,26-27H,12-13H2,1-3H3. The molecule has 1 heterocycles. The number of aryl methyl sites for hydroxylation is 1. The first kappa shape index (κ1) is 19.0. The Hall–Kier alpha value is -2.33. The predicted octanol–water partition coefficient (Wildman–Crippen LogP) is 6.57. The first-order chi connectivity index (χ1) is 13.3. The van der Waals surface area contributed by atoms with Gasteiger partial charge in [-0.3, -0.25) is 4.79 Å². The first-order valence-electron chi connectivity index (χ1n) is 9.55. The van der Waals surface area contributed by atoms with Crippen LogP contribution in [0.15, 0.2) is 64.3 Å². The van der Waals surface area contributed by atoms with Crippen LogP contribution in [0.1, 0.15) is 49.4 Å². The number of rotatable bonds is 3. The molecule has 0 saturated heterocycles. The Morgan fingerprint density at radius 2 is 1.86 bits per heavy atom. The van der Waals surface area contributed by atoms with E-state index in [2.05, 4.69) is 27.0 Å². The van der Waals surface area contributed by atoms with Gasteiger partial charge in [0.2, 0.25) is 0 Å². The number of para-hydroxylation sites is 1. The van der Waals surface area contributed by atoms with Crippen molar-refractivity contribution in [2.75, 3.05) is 0 Å². The lowest BCUT2D eigenvalue weighted by Crippen LogP contribution is -2.29. The van der Waals surface area contributed by atoms with E-state index >= 15 is 0 Å². The molecule has 0 radical (unpaired) electrons. The summed E-state index contributed by atoms with van der Waals surface area (Å²) in [5, 5.41) is 12.1. The number of fused-ring (bicyclic) bond motifs is 1. The minimum Gasteiger partial charge on any atom is -0.512 e. The SMILES string of the molecule is Cc1[nH]c2ccccc2c1C(C1=C(O)CC(C)(C)CC1=O)c1cccc(Br)c1. The van der Waals surface area contributed by atoms with Gasteiger partial charge in [0.15, 0.2) is 5.78 Å². The van der Waals surface area contributed by atoms with Crippen LogP contribution in [0.3, 0.4) is 0 Å². The third-order valence-corrected chi connectivity index (χ3v) is 6.09. The second-order valence-corrected chi connectivity index (χ2v) is 9.41. The second-order valence-electron chi connectivity index (χ2n) is 8.50. The maximum absolute atomic E-state index is 13.2. The highest BCUT2D eigenvalue weighted by Gasteiger charge is 2.38. The number of carbonyl (C=O) groups is 1. The summed E-state index contributed by atoms with van der Waals surface area (Å²) < 4.78 is 0.955. The highest BCUT2D eigenvalue weighted by Crippen LogP contribution is 2.46. The van der Waals surface area contributed by atoms with E-state index in [1.807, 2.05) is 63.2 Å². The number of H-pyrrole nitrogens is 1. The Morgan fingerprint density at radius 3 is 2.57 bits per heavy atom. The fraction of sp³-hybridized carbons (Fsp3) is 0.292. The zero-order valence-corrected chi connectivity index (χ0v) is 17.9. The van der Waals surface area contributed by atoms with Crippen molar-refractivity contribution < 1.29 is 9.90 Å². The number of Topliss-reactive ketones (excluding diaryl/α,β-unsaturated/α-hetero) is 1. The Labute approximate surface area is 173 Å². The number of nitrogens with one attached hydrogen (secondary N) is 1. The summed E-state index contributed by atoms with van der Waals surface area (Å²) in [4.78, 5) is 16.7. The van der Waals surface area contributed by atoms with Gasteiger partial charge < -0.3 is 10.1 Å². The molecule has 0 fully saturated rings. The zero-order valence-electron chi connectivity index (χ0n) is 16.3. The molecule has 0 bridgehead atoms. The summed E-state index contributed by atoms with van der Waals surface area (Å²) in [6, 6.07) is 16.2. The number of hydrogen-bond donors (Lipinski definition) is 2. The second kappa shape index (κ2) is 6.93. The summed E-state index contributed by atoms with van der Waals surface area (Å²) in [7, 11) is 0. The molecule has 3 nitrogen and oxygen atoms in total. The van der Waals surface area contributed by atoms with Gasteiger partial charge in [-0.05, 0) is 41.7 Å². The molecule has 1 unspecified atom stereocenters. The van der Waals surface area contributed by atoms with Crippen LogP contribution in [0.4, 0.5) is 0 Å².